The van der Waals surface area contributed by atoms with Gasteiger partial charge in [-0.2, -0.15) is 0 Å². The number of ether oxygens (including phenoxy) is 1. The smallest absolute Gasteiger partial charge is 0.405 e. The molecule has 1 atom stereocenters. The zero-order chi connectivity index (χ0) is 15.6. The number of primary amides is 1. The molecular weight excluding hydrogens is 268 g/mol. The number of likely N-dealkylation sites (tertiary alicyclic amines) is 1. The monoisotopic (exact) mass is 290 g/mol. The quantitative estimate of drug-likeness (QED) is 0.929. The van der Waals surface area contributed by atoms with Crippen LogP contribution in [0.3, 0.4) is 0 Å². The molecule has 0 aliphatic carbocycles. The summed E-state index contributed by atoms with van der Waals surface area (Å²) in [5, 5.41) is 0. The molecule has 5 nitrogen and oxygen atoms in total. The topological polar surface area (TPSA) is 72.6 Å². The molecule has 1 aliphatic heterocycles. The van der Waals surface area contributed by atoms with Crippen LogP contribution >= 0.6 is 0 Å². The largest absolute Gasteiger partial charge is 0.434 e. The standard InChI is InChI=1S/C16H22N2O3/c1-11-6-8-12(9-7-11)13-5-4-10-18(13)14(19)16(2,3)21-15(17)20/h6-9,13H,4-5,10H2,1-3H3,(H2,17,20). The number of carbonyl (C=O) groups is 2. The summed E-state index contributed by atoms with van der Waals surface area (Å²) in [6, 6.07) is 8.22. The molecule has 0 spiro atoms. The maximum Gasteiger partial charge on any atom is 0.405 e. The molecule has 0 radical (unpaired) electrons. The summed E-state index contributed by atoms with van der Waals surface area (Å²) in [5.41, 5.74) is 6.11. The highest BCUT2D eigenvalue weighted by atomic mass is 16.6. The van der Waals surface area contributed by atoms with Gasteiger partial charge in [-0.1, -0.05) is 29.8 Å². The molecule has 0 saturated carbocycles. The number of nitrogens with two attached hydrogens (primary N) is 1. The van der Waals surface area contributed by atoms with Crippen molar-refractivity contribution in [3.05, 3.63) is 35.4 Å². The van der Waals surface area contributed by atoms with E-state index < -0.39 is 11.7 Å². The van der Waals surface area contributed by atoms with Gasteiger partial charge in [-0.15, -0.1) is 0 Å². The summed E-state index contributed by atoms with van der Waals surface area (Å²) in [7, 11) is 0. The van der Waals surface area contributed by atoms with Gasteiger partial charge in [0.25, 0.3) is 5.91 Å². The summed E-state index contributed by atoms with van der Waals surface area (Å²) in [6.45, 7) is 5.85. The van der Waals surface area contributed by atoms with Crippen LogP contribution in [-0.4, -0.2) is 29.0 Å². The number of carbonyl (C=O) groups excluding carboxylic acids is 2. The number of nitrogens with zero attached hydrogens (tertiary/aromatic N) is 1. The first kappa shape index (κ1) is 15.4. The molecule has 2 amide bonds. The number of benzene rings is 1. The normalized spacial score (nSPS) is 18.6. The number of amides is 2. The molecule has 0 bridgehead atoms. The van der Waals surface area contributed by atoms with E-state index >= 15 is 0 Å². The number of rotatable bonds is 3. The number of hydrogen-bond acceptors (Lipinski definition) is 3. The average Bonchev–Trinajstić information content (AvgIpc) is 2.86. The predicted octanol–water partition coefficient (Wildman–Crippen LogP) is 2.53. The lowest BCUT2D eigenvalue weighted by Gasteiger charge is -2.32. The van der Waals surface area contributed by atoms with Crippen LogP contribution in [0.15, 0.2) is 24.3 Å². The van der Waals surface area contributed by atoms with Crippen molar-refractivity contribution in [1.82, 2.24) is 4.90 Å². The van der Waals surface area contributed by atoms with Crippen molar-refractivity contribution >= 4 is 12.0 Å². The molecule has 5 heteroatoms. The van der Waals surface area contributed by atoms with Gasteiger partial charge in [0, 0.05) is 6.54 Å². The van der Waals surface area contributed by atoms with Gasteiger partial charge in [-0.3, -0.25) is 4.79 Å². The van der Waals surface area contributed by atoms with E-state index in [1.807, 2.05) is 31.2 Å². The third kappa shape index (κ3) is 3.35. The second-order valence-corrected chi connectivity index (χ2v) is 6.00. The first-order valence-electron chi connectivity index (χ1n) is 7.17. The van der Waals surface area contributed by atoms with Gasteiger partial charge >= 0.3 is 6.09 Å². The van der Waals surface area contributed by atoms with Gasteiger partial charge in [0.15, 0.2) is 5.60 Å². The average molecular weight is 290 g/mol. The van der Waals surface area contributed by atoms with E-state index in [9.17, 15) is 9.59 Å². The minimum atomic E-state index is -1.24. The van der Waals surface area contributed by atoms with Crippen LogP contribution in [0, 0.1) is 6.92 Å². The molecule has 114 valence electrons. The molecule has 1 aromatic carbocycles. The van der Waals surface area contributed by atoms with Crippen LogP contribution in [0.1, 0.15) is 43.9 Å². The Kier molecular flexibility index (Phi) is 4.21. The summed E-state index contributed by atoms with van der Waals surface area (Å²) in [4.78, 5) is 25.4. The van der Waals surface area contributed by atoms with Crippen molar-refractivity contribution in [2.24, 2.45) is 5.73 Å². The van der Waals surface area contributed by atoms with Gasteiger partial charge in [-0.25, -0.2) is 4.79 Å². The molecule has 1 aliphatic rings. The van der Waals surface area contributed by atoms with Gasteiger partial charge in [-0.05, 0) is 39.2 Å². The molecular formula is C16H22N2O3. The van der Waals surface area contributed by atoms with Crippen molar-refractivity contribution < 1.29 is 14.3 Å². The second kappa shape index (κ2) is 5.76. The van der Waals surface area contributed by atoms with Crippen LogP contribution in [0.5, 0.6) is 0 Å². The van der Waals surface area contributed by atoms with E-state index in [4.69, 9.17) is 10.5 Å². The lowest BCUT2D eigenvalue weighted by molar-refractivity contribution is -0.148. The van der Waals surface area contributed by atoms with E-state index in [1.54, 1.807) is 18.7 Å². The Morgan fingerprint density at radius 3 is 2.48 bits per heavy atom. The maximum absolute atomic E-state index is 12.6. The number of hydrogen-bond donors (Lipinski definition) is 1. The first-order chi connectivity index (χ1) is 9.81. The van der Waals surface area contributed by atoms with Crippen LogP contribution in [-0.2, 0) is 9.53 Å². The Morgan fingerprint density at radius 2 is 1.90 bits per heavy atom. The SMILES string of the molecule is Cc1ccc(C2CCCN2C(=O)C(C)(C)OC(N)=O)cc1. The van der Waals surface area contributed by atoms with Gasteiger partial charge < -0.3 is 15.4 Å². The van der Waals surface area contributed by atoms with E-state index in [1.165, 1.54) is 5.56 Å². The molecule has 2 N–H and O–H groups in total. The minimum Gasteiger partial charge on any atom is -0.434 e. The molecule has 1 unspecified atom stereocenters. The fraction of sp³-hybridized carbons (Fsp3) is 0.500. The van der Waals surface area contributed by atoms with Crippen molar-refractivity contribution in [2.45, 2.75) is 45.3 Å². The van der Waals surface area contributed by atoms with E-state index in [-0.39, 0.29) is 11.9 Å². The predicted molar refractivity (Wildman–Crippen MR) is 79.6 cm³/mol. The lowest BCUT2D eigenvalue weighted by atomic mass is 10.0. The van der Waals surface area contributed by atoms with Crippen molar-refractivity contribution in [3.8, 4) is 0 Å². The molecule has 1 heterocycles. The first-order valence-corrected chi connectivity index (χ1v) is 7.17. The van der Waals surface area contributed by atoms with Crippen LogP contribution in [0.4, 0.5) is 4.79 Å². The summed E-state index contributed by atoms with van der Waals surface area (Å²) in [6.07, 6.45) is 0.928. The summed E-state index contributed by atoms with van der Waals surface area (Å²) < 4.78 is 4.96. The van der Waals surface area contributed by atoms with Gasteiger partial charge in [0.05, 0.1) is 6.04 Å². The van der Waals surface area contributed by atoms with Crippen LogP contribution < -0.4 is 5.73 Å². The van der Waals surface area contributed by atoms with Crippen LogP contribution in [0.2, 0.25) is 0 Å². The zero-order valence-electron chi connectivity index (χ0n) is 12.8. The van der Waals surface area contributed by atoms with Crippen molar-refractivity contribution in [1.29, 1.82) is 0 Å². The molecule has 1 fully saturated rings. The molecule has 0 aromatic heterocycles. The van der Waals surface area contributed by atoms with Gasteiger partial charge in [0.2, 0.25) is 0 Å². The Labute approximate surface area is 125 Å². The Bertz CT molecular complexity index is 537. The highest BCUT2D eigenvalue weighted by Gasteiger charge is 2.40. The van der Waals surface area contributed by atoms with E-state index in [2.05, 4.69) is 0 Å². The summed E-state index contributed by atoms with van der Waals surface area (Å²) >= 11 is 0. The molecule has 2 rings (SSSR count). The number of aryl methyl sites for hydroxylation is 1. The molecule has 1 aromatic rings. The Balaban J connectivity index is 2.20. The highest BCUT2D eigenvalue weighted by molar-refractivity contribution is 5.87. The van der Waals surface area contributed by atoms with Crippen molar-refractivity contribution in [2.75, 3.05) is 6.54 Å². The molecule has 1 saturated heterocycles. The van der Waals surface area contributed by atoms with Crippen molar-refractivity contribution in [3.63, 3.8) is 0 Å². The summed E-state index contributed by atoms with van der Waals surface area (Å²) in [5.74, 6) is -0.204. The lowest BCUT2D eigenvalue weighted by Crippen LogP contribution is -2.48. The zero-order valence-corrected chi connectivity index (χ0v) is 12.8. The third-order valence-corrected chi connectivity index (χ3v) is 3.85. The van der Waals surface area contributed by atoms with E-state index in [0.29, 0.717) is 6.54 Å². The molecule has 21 heavy (non-hydrogen) atoms. The Hall–Kier alpha value is -2.04. The van der Waals surface area contributed by atoms with Gasteiger partial charge in [0.1, 0.15) is 0 Å². The highest BCUT2D eigenvalue weighted by Crippen LogP contribution is 2.34. The van der Waals surface area contributed by atoms with Crippen LogP contribution in [0.25, 0.3) is 0 Å². The fourth-order valence-electron chi connectivity index (χ4n) is 2.79. The minimum absolute atomic E-state index is 0.0360. The van der Waals surface area contributed by atoms with E-state index in [0.717, 1.165) is 18.4 Å². The Morgan fingerprint density at radius 1 is 1.29 bits per heavy atom. The third-order valence-electron chi connectivity index (χ3n) is 3.85. The maximum atomic E-state index is 12.6. The second-order valence-electron chi connectivity index (χ2n) is 6.00. The fourth-order valence-corrected chi connectivity index (χ4v) is 2.79.